The molecule has 108 valence electrons. The van der Waals surface area contributed by atoms with Crippen molar-refractivity contribution in [3.05, 3.63) is 27.8 Å². The smallest absolute Gasteiger partial charge is 0.293 e. The highest BCUT2D eigenvalue weighted by Crippen LogP contribution is 2.36. The van der Waals surface area contributed by atoms with Crippen LogP contribution in [0.1, 0.15) is 23.2 Å². The van der Waals surface area contributed by atoms with Gasteiger partial charge in [-0.2, -0.15) is 0 Å². The van der Waals surface area contributed by atoms with Crippen molar-refractivity contribution in [3.63, 3.8) is 0 Å². The Kier molecular flexibility index (Phi) is 4.04. The summed E-state index contributed by atoms with van der Waals surface area (Å²) in [6.07, 6.45) is 1.98. The van der Waals surface area contributed by atoms with Crippen LogP contribution in [0.5, 0.6) is 5.75 Å². The van der Waals surface area contributed by atoms with E-state index in [-0.39, 0.29) is 17.0 Å². The predicted molar refractivity (Wildman–Crippen MR) is 72.7 cm³/mol. The molecule has 8 heteroatoms. The third-order valence-electron chi connectivity index (χ3n) is 3.32. The molecule has 1 amide bonds. The summed E-state index contributed by atoms with van der Waals surface area (Å²) in [5, 5.41) is 11.2. The SMILES string of the molecule is COc1cc(N2CCCC2)c([N+](=O)[O-])cc1C(=O)NN. The summed E-state index contributed by atoms with van der Waals surface area (Å²) in [4.78, 5) is 24.3. The van der Waals surface area contributed by atoms with Gasteiger partial charge in [0.05, 0.1) is 17.6 Å². The molecule has 2 rings (SSSR count). The van der Waals surface area contributed by atoms with E-state index >= 15 is 0 Å². The second kappa shape index (κ2) is 5.74. The van der Waals surface area contributed by atoms with Gasteiger partial charge in [0, 0.05) is 25.2 Å². The van der Waals surface area contributed by atoms with Gasteiger partial charge >= 0.3 is 0 Å². The van der Waals surface area contributed by atoms with E-state index < -0.39 is 10.8 Å². The number of amides is 1. The van der Waals surface area contributed by atoms with E-state index in [9.17, 15) is 14.9 Å². The lowest BCUT2D eigenvalue weighted by atomic mass is 10.1. The van der Waals surface area contributed by atoms with E-state index in [4.69, 9.17) is 10.6 Å². The maximum absolute atomic E-state index is 11.6. The van der Waals surface area contributed by atoms with Crippen LogP contribution in [-0.2, 0) is 0 Å². The number of hydrazine groups is 1. The maximum atomic E-state index is 11.6. The van der Waals surface area contributed by atoms with Crippen LogP contribution in [0.3, 0.4) is 0 Å². The quantitative estimate of drug-likeness (QED) is 0.365. The zero-order chi connectivity index (χ0) is 14.7. The Hall–Kier alpha value is -2.35. The van der Waals surface area contributed by atoms with E-state index in [2.05, 4.69) is 0 Å². The summed E-state index contributed by atoms with van der Waals surface area (Å²) in [5.41, 5.74) is 2.35. The standard InChI is InChI=1S/C12H16N4O4/c1-20-11-7-9(15-4-2-3-5-15)10(16(18)19)6-8(11)12(17)14-13/h6-7H,2-5,13H2,1H3,(H,14,17). The van der Waals surface area contributed by atoms with E-state index in [1.165, 1.54) is 19.2 Å². The Morgan fingerprint density at radius 2 is 2.10 bits per heavy atom. The number of methoxy groups -OCH3 is 1. The van der Waals surface area contributed by atoms with Crippen molar-refractivity contribution >= 4 is 17.3 Å². The van der Waals surface area contributed by atoms with Gasteiger partial charge < -0.3 is 9.64 Å². The first-order chi connectivity index (χ1) is 9.58. The topological polar surface area (TPSA) is 111 Å². The molecule has 1 heterocycles. The number of hydrogen-bond acceptors (Lipinski definition) is 6. The molecule has 0 atom stereocenters. The van der Waals surface area contributed by atoms with Crippen molar-refractivity contribution < 1.29 is 14.5 Å². The highest BCUT2D eigenvalue weighted by molar-refractivity contribution is 5.98. The largest absolute Gasteiger partial charge is 0.496 e. The molecule has 8 nitrogen and oxygen atoms in total. The van der Waals surface area contributed by atoms with Gasteiger partial charge in [0.1, 0.15) is 11.4 Å². The van der Waals surface area contributed by atoms with Crippen LogP contribution in [0.25, 0.3) is 0 Å². The van der Waals surface area contributed by atoms with Gasteiger partial charge in [-0.25, -0.2) is 5.84 Å². The maximum Gasteiger partial charge on any atom is 0.293 e. The van der Waals surface area contributed by atoms with Crippen LogP contribution in [0.15, 0.2) is 12.1 Å². The van der Waals surface area contributed by atoms with Gasteiger partial charge in [-0.05, 0) is 12.8 Å². The first-order valence-electron chi connectivity index (χ1n) is 6.20. The van der Waals surface area contributed by atoms with Crippen LogP contribution >= 0.6 is 0 Å². The molecule has 0 spiro atoms. The molecule has 1 aliphatic heterocycles. The van der Waals surface area contributed by atoms with Gasteiger partial charge in [-0.15, -0.1) is 0 Å². The fourth-order valence-corrected chi connectivity index (χ4v) is 2.34. The minimum Gasteiger partial charge on any atom is -0.496 e. The Labute approximate surface area is 115 Å². The molecule has 1 saturated heterocycles. The van der Waals surface area contributed by atoms with Crippen molar-refractivity contribution in [1.82, 2.24) is 5.43 Å². The van der Waals surface area contributed by atoms with E-state index in [1.807, 2.05) is 10.3 Å². The first-order valence-corrected chi connectivity index (χ1v) is 6.20. The summed E-state index contributed by atoms with van der Waals surface area (Å²) in [6.45, 7) is 1.51. The fourth-order valence-electron chi connectivity index (χ4n) is 2.34. The average Bonchev–Trinajstić information content (AvgIpc) is 2.98. The van der Waals surface area contributed by atoms with Gasteiger partial charge in [0.15, 0.2) is 0 Å². The first kappa shape index (κ1) is 14.1. The van der Waals surface area contributed by atoms with Crippen LogP contribution in [-0.4, -0.2) is 31.0 Å². The summed E-state index contributed by atoms with van der Waals surface area (Å²) in [5.74, 6) is 4.72. The number of ether oxygens (including phenoxy) is 1. The van der Waals surface area contributed by atoms with Gasteiger partial charge in [-0.3, -0.25) is 20.3 Å². The van der Waals surface area contributed by atoms with Crippen molar-refractivity contribution in [3.8, 4) is 5.75 Å². The molecular formula is C12H16N4O4. The molecule has 0 aromatic heterocycles. The van der Waals surface area contributed by atoms with Crippen LogP contribution in [0, 0.1) is 10.1 Å². The van der Waals surface area contributed by atoms with E-state index in [1.54, 1.807) is 0 Å². The normalized spacial score (nSPS) is 14.2. The van der Waals surface area contributed by atoms with Crippen molar-refractivity contribution in [2.75, 3.05) is 25.1 Å². The third kappa shape index (κ3) is 2.50. The fraction of sp³-hybridized carbons (Fsp3) is 0.417. The number of hydrogen-bond donors (Lipinski definition) is 2. The Morgan fingerprint density at radius 1 is 1.45 bits per heavy atom. The molecule has 0 radical (unpaired) electrons. The lowest BCUT2D eigenvalue weighted by Crippen LogP contribution is -2.30. The third-order valence-corrected chi connectivity index (χ3v) is 3.32. The minimum atomic E-state index is -0.627. The lowest BCUT2D eigenvalue weighted by Gasteiger charge is -2.19. The van der Waals surface area contributed by atoms with Crippen molar-refractivity contribution in [1.29, 1.82) is 0 Å². The number of nitro benzene ring substituents is 1. The predicted octanol–water partition coefficient (Wildman–Crippen LogP) is 0.807. The second-order valence-electron chi connectivity index (χ2n) is 4.47. The summed E-state index contributed by atoms with van der Waals surface area (Å²) >= 11 is 0. The second-order valence-corrected chi connectivity index (χ2v) is 4.47. The number of rotatable bonds is 4. The molecule has 1 fully saturated rings. The number of benzene rings is 1. The zero-order valence-electron chi connectivity index (χ0n) is 11.1. The number of nitro groups is 1. The molecule has 1 aromatic carbocycles. The Bertz CT molecular complexity index is 541. The van der Waals surface area contributed by atoms with Crippen molar-refractivity contribution in [2.45, 2.75) is 12.8 Å². The van der Waals surface area contributed by atoms with Crippen LogP contribution in [0.2, 0.25) is 0 Å². The van der Waals surface area contributed by atoms with Gasteiger partial charge in [0.25, 0.3) is 11.6 Å². The highest BCUT2D eigenvalue weighted by Gasteiger charge is 2.26. The molecule has 0 aliphatic carbocycles. The molecule has 0 unspecified atom stereocenters. The lowest BCUT2D eigenvalue weighted by molar-refractivity contribution is -0.384. The zero-order valence-corrected chi connectivity index (χ0v) is 11.1. The van der Waals surface area contributed by atoms with Crippen molar-refractivity contribution in [2.24, 2.45) is 5.84 Å². The molecule has 0 bridgehead atoms. The highest BCUT2D eigenvalue weighted by atomic mass is 16.6. The molecule has 3 N–H and O–H groups in total. The summed E-state index contributed by atoms with van der Waals surface area (Å²) < 4.78 is 5.14. The number of anilines is 1. The van der Waals surface area contributed by atoms with Crippen LogP contribution < -0.4 is 20.9 Å². The Balaban J connectivity index is 2.55. The minimum absolute atomic E-state index is 0.0460. The molecule has 1 aliphatic rings. The number of carbonyl (C=O) groups excluding carboxylic acids is 1. The Morgan fingerprint density at radius 3 is 2.60 bits per heavy atom. The molecule has 20 heavy (non-hydrogen) atoms. The van der Waals surface area contributed by atoms with Crippen LogP contribution in [0.4, 0.5) is 11.4 Å². The number of nitrogens with two attached hydrogens (primary N) is 1. The average molecular weight is 280 g/mol. The van der Waals surface area contributed by atoms with Gasteiger partial charge in [-0.1, -0.05) is 0 Å². The number of nitrogens with zero attached hydrogens (tertiary/aromatic N) is 2. The van der Waals surface area contributed by atoms with E-state index in [0.717, 1.165) is 25.9 Å². The number of carbonyl (C=O) groups is 1. The molecule has 1 aromatic rings. The number of nitrogen functional groups attached to an aromatic ring is 1. The monoisotopic (exact) mass is 280 g/mol. The number of nitrogens with one attached hydrogen (secondary N) is 1. The molecule has 0 saturated carbocycles. The van der Waals surface area contributed by atoms with Gasteiger partial charge in [0.2, 0.25) is 0 Å². The van der Waals surface area contributed by atoms with E-state index in [0.29, 0.717) is 5.69 Å². The molecular weight excluding hydrogens is 264 g/mol. The summed E-state index contributed by atoms with van der Waals surface area (Å²) in [7, 11) is 1.40. The summed E-state index contributed by atoms with van der Waals surface area (Å²) in [6, 6.07) is 2.72.